The highest BCUT2D eigenvalue weighted by atomic mass is 16.4. The minimum Gasteiger partial charge on any atom is -0.481 e. The highest BCUT2D eigenvalue weighted by molar-refractivity contribution is 5.74. The van der Waals surface area contributed by atoms with Gasteiger partial charge in [-0.15, -0.1) is 0 Å². The van der Waals surface area contributed by atoms with E-state index in [-0.39, 0.29) is 6.42 Å². The summed E-state index contributed by atoms with van der Waals surface area (Å²) in [6.45, 7) is 0. The molecule has 26 heavy (non-hydrogen) atoms. The normalized spacial score (nSPS) is 18.8. The van der Waals surface area contributed by atoms with Crippen LogP contribution in [0, 0.1) is 5.41 Å². The number of carboxylic acids is 2. The molecule has 4 heteroatoms. The molecular formula is C22H40O4. The van der Waals surface area contributed by atoms with Crippen molar-refractivity contribution in [2.75, 3.05) is 0 Å². The highest BCUT2D eigenvalue weighted by Gasteiger charge is 2.36. The molecule has 0 aromatic rings. The van der Waals surface area contributed by atoms with Crippen molar-refractivity contribution in [1.82, 2.24) is 0 Å². The lowest BCUT2D eigenvalue weighted by molar-refractivity contribution is -0.151. The van der Waals surface area contributed by atoms with Crippen molar-refractivity contribution >= 4 is 11.9 Å². The smallest absolute Gasteiger partial charge is 0.309 e. The lowest BCUT2D eigenvalue weighted by atomic mass is 9.74. The Morgan fingerprint density at radius 1 is 0.615 bits per heavy atom. The van der Waals surface area contributed by atoms with Gasteiger partial charge in [-0.1, -0.05) is 89.9 Å². The Morgan fingerprint density at radius 2 is 1.04 bits per heavy atom. The molecule has 1 fully saturated rings. The van der Waals surface area contributed by atoms with E-state index in [0.29, 0.717) is 0 Å². The van der Waals surface area contributed by atoms with Crippen LogP contribution in [0.5, 0.6) is 0 Å². The first kappa shape index (κ1) is 23.0. The van der Waals surface area contributed by atoms with E-state index in [1.807, 2.05) is 0 Å². The molecule has 0 aliphatic heterocycles. The molecule has 0 aromatic heterocycles. The molecule has 152 valence electrons. The van der Waals surface area contributed by atoms with Gasteiger partial charge in [-0.05, 0) is 25.7 Å². The van der Waals surface area contributed by atoms with Crippen molar-refractivity contribution in [3.63, 3.8) is 0 Å². The largest absolute Gasteiger partial charge is 0.481 e. The highest BCUT2D eigenvalue weighted by Crippen LogP contribution is 2.38. The van der Waals surface area contributed by atoms with Gasteiger partial charge in [0.2, 0.25) is 0 Å². The third kappa shape index (κ3) is 10.2. The van der Waals surface area contributed by atoms with Crippen LogP contribution in [-0.2, 0) is 9.59 Å². The van der Waals surface area contributed by atoms with E-state index >= 15 is 0 Å². The van der Waals surface area contributed by atoms with Crippen molar-refractivity contribution in [2.24, 2.45) is 5.41 Å². The summed E-state index contributed by atoms with van der Waals surface area (Å²) in [5, 5.41) is 18.6. The molecule has 0 saturated heterocycles. The maximum absolute atomic E-state index is 12.1. The molecule has 0 bridgehead atoms. The van der Waals surface area contributed by atoms with Gasteiger partial charge in [0, 0.05) is 6.42 Å². The molecule has 1 aliphatic rings. The summed E-state index contributed by atoms with van der Waals surface area (Å²) in [7, 11) is 0. The molecule has 0 spiro atoms. The Balaban J connectivity index is 2.28. The summed E-state index contributed by atoms with van der Waals surface area (Å²) in [5.41, 5.74) is -0.480. The van der Waals surface area contributed by atoms with Crippen molar-refractivity contribution in [3.05, 3.63) is 0 Å². The zero-order chi connectivity index (χ0) is 19.1. The number of carbonyl (C=O) groups is 2. The second kappa shape index (κ2) is 14.1. The van der Waals surface area contributed by atoms with Crippen LogP contribution in [0.25, 0.3) is 0 Å². The predicted octanol–water partition coefficient (Wildman–Crippen LogP) is 6.57. The third-order valence-electron chi connectivity index (χ3n) is 6.06. The standard InChI is InChI=1S/C22H40O4/c23-20(24)16-12-8-4-3-7-11-15-19-22(21(25)26)17-13-9-5-1-2-6-10-14-18-22/h1-19H2,(H,23,24)(H,25,26). The first-order chi connectivity index (χ1) is 12.6. The third-order valence-corrected chi connectivity index (χ3v) is 6.06. The summed E-state index contributed by atoms with van der Waals surface area (Å²) in [5.74, 6) is -1.27. The molecule has 0 atom stereocenters. The van der Waals surface area contributed by atoms with Gasteiger partial charge in [0.1, 0.15) is 0 Å². The van der Waals surface area contributed by atoms with Crippen LogP contribution in [0.15, 0.2) is 0 Å². The quantitative estimate of drug-likeness (QED) is 0.405. The maximum atomic E-state index is 12.1. The SMILES string of the molecule is O=C(O)CCCCCCCCCC1(C(=O)O)CCCCCCCCCC1. The average molecular weight is 369 g/mol. The monoisotopic (exact) mass is 368 g/mol. The zero-order valence-electron chi connectivity index (χ0n) is 16.6. The predicted molar refractivity (Wildman–Crippen MR) is 105 cm³/mol. The van der Waals surface area contributed by atoms with Crippen LogP contribution < -0.4 is 0 Å². The minimum absolute atomic E-state index is 0.279. The average Bonchev–Trinajstić information content (AvgIpc) is 2.65. The van der Waals surface area contributed by atoms with Crippen LogP contribution in [0.3, 0.4) is 0 Å². The van der Waals surface area contributed by atoms with E-state index in [9.17, 15) is 14.7 Å². The van der Waals surface area contributed by atoms with Gasteiger partial charge >= 0.3 is 11.9 Å². The fourth-order valence-electron chi connectivity index (χ4n) is 4.31. The topological polar surface area (TPSA) is 74.6 Å². The van der Waals surface area contributed by atoms with E-state index < -0.39 is 17.4 Å². The van der Waals surface area contributed by atoms with Crippen molar-refractivity contribution in [1.29, 1.82) is 0 Å². The van der Waals surface area contributed by atoms with Gasteiger partial charge in [0.25, 0.3) is 0 Å². The molecule has 1 aliphatic carbocycles. The lowest BCUT2D eigenvalue weighted by Gasteiger charge is -2.30. The van der Waals surface area contributed by atoms with Gasteiger partial charge < -0.3 is 10.2 Å². The van der Waals surface area contributed by atoms with E-state index in [0.717, 1.165) is 77.0 Å². The summed E-state index contributed by atoms with van der Waals surface area (Å²) in [6, 6.07) is 0. The first-order valence-corrected chi connectivity index (χ1v) is 11.0. The van der Waals surface area contributed by atoms with E-state index in [1.165, 1.54) is 38.5 Å². The lowest BCUT2D eigenvalue weighted by Crippen LogP contribution is -2.31. The van der Waals surface area contributed by atoms with Gasteiger partial charge in [-0.25, -0.2) is 0 Å². The molecule has 0 aromatic carbocycles. The molecule has 0 amide bonds. The summed E-state index contributed by atoms with van der Waals surface area (Å²) < 4.78 is 0. The fraction of sp³-hybridized carbons (Fsp3) is 0.909. The van der Waals surface area contributed by atoms with Crippen LogP contribution >= 0.6 is 0 Å². The van der Waals surface area contributed by atoms with Crippen molar-refractivity contribution < 1.29 is 19.8 Å². The fourth-order valence-corrected chi connectivity index (χ4v) is 4.31. The van der Waals surface area contributed by atoms with E-state index in [1.54, 1.807) is 0 Å². The minimum atomic E-state index is -0.703. The molecule has 2 N–H and O–H groups in total. The Hall–Kier alpha value is -1.06. The van der Waals surface area contributed by atoms with E-state index in [4.69, 9.17) is 5.11 Å². The molecule has 0 unspecified atom stereocenters. The van der Waals surface area contributed by atoms with Gasteiger partial charge in [-0.3, -0.25) is 9.59 Å². The molecule has 1 saturated carbocycles. The Morgan fingerprint density at radius 3 is 1.50 bits per heavy atom. The van der Waals surface area contributed by atoms with Gasteiger partial charge in [-0.2, -0.15) is 0 Å². The Bertz CT molecular complexity index is 380. The number of unbranched alkanes of at least 4 members (excludes halogenated alkanes) is 6. The molecule has 0 heterocycles. The number of carboxylic acid groups (broad SMARTS) is 2. The zero-order valence-corrected chi connectivity index (χ0v) is 16.6. The van der Waals surface area contributed by atoms with Crippen LogP contribution in [-0.4, -0.2) is 22.2 Å². The first-order valence-electron chi connectivity index (χ1n) is 11.0. The molecule has 1 rings (SSSR count). The summed E-state index contributed by atoms with van der Waals surface area (Å²) in [4.78, 5) is 22.5. The summed E-state index contributed by atoms with van der Waals surface area (Å²) >= 11 is 0. The molecular weight excluding hydrogens is 328 g/mol. The number of aliphatic carboxylic acids is 2. The Labute approximate surface area is 159 Å². The molecule has 0 radical (unpaired) electrons. The Kier molecular flexibility index (Phi) is 12.4. The number of hydrogen-bond donors (Lipinski definition) is 2. The van der Waals surface area contributed by atoms with Crippen molar-refractivity contribution in [3.8, 4) is 0 Å². The van der Waals surface area contributed by atoms with Gasteiger partial charge in [0.05, 0.1) is 5.41 Å². The van der Waals surface area contributed by atoms with Crippen LogP contribution in [0.2, 0.25) is 0 Å². The van der Waals surface area contributed by atoms with Crippen LogP contribution in [0.4, 0.5) is 0 Å². The second-order valence-electron chi connectivity index (χ2n) is 8.28. The van der Waals surface area contributed by atoms with Crippen LogP contribution in [0.1, 0.15) is 122 Å². The molecule has 4 nitrogen and oxygen atoms in total. The number of rotatable bonds is 11. The maximum Gasteiger partial charge on any atom is 0.309 e. The second-order valence-corrected chi connectivity index (χ2v) is 8.28. The number of hydrogen-bond acceptors (Lipinski definition) is 2. The van der Waals surface area contributed by atoms with Gasteiger partial charge in [0.15, 0.2) is 0 Å². The van der Waals surface area contributed by atoms with Crippen molar-refractivity contribution in [2.45, 2.75) is 122 Å². The summed E-state index contributed by atoms with van der Waals surface area (Å²) in [6.07, 6.45) is 19.7. The van der Waals surface area contributed by atoms with E-state index in [2.05, 4.69) is 0 Å².